The van der Waals surface area contributed by atoms with Gasteiger partial charge in [-0.25, -0.2) is 14.8 Å². The van der Waals surface area contributed by atoms with Gasteiger partial charge < -0.3 is 9.64 Å². The molecule has 3 rings (SSSR count). The summed E-state index contributed by atoms with van der Waals surface area (Å²) >= 11 is 5.88. The maximum absolute atomic E-state index is 12.3. The van der Waals surface area contributed by atoms with Crippen molar-refractivity contribution in [2.75, 3.05) is 13.1 Å². The quantitative estimate of drug-likeness (QED) is 0.727. The Kier molecular flexibility index (Phi) is 5.57. The number of aromatic nitrogens is 4. The molecule has 8 nitrogen and oxygen atoms in total. The van der Waals surface area contributed by atoms with Crippen LogP contribution < -0.4 is 0 Å². The SMILES string of the molecule is CC(C)(C)OC(=O)N1CCC(CC#N)(n2cc(-c3ccnc(Cl)n3)cn2)CC1. The third-order valence-corrected chi connectivity index (χ3v) is 4.93. The molecule has 0 radical (unpaired) electrons. The van der Waals surface area contributed by atoms with E-state index < -0.39 is 11.1 Å². The number of likely N-dealkylation sites (tertiary alicyclic amines) is 1. The predicted molar refractivity (Wildman–Crippen MR) is 104 cm³/mol. The Morgan fingerprint density at radius 2 is 2.11 bits per heavy atom. The average Bonchev–Trinajstić information content (AvgIpc) is 3.12. The number of ether oxygens (including phenoxy) is 1. The van der Waals surface area contributed by atoms with Crippen molar-refractivity contribution in [3.05, 3.63) is 29.9 Å². The fourth-order valence-corrected chi connectivity index (χ4v) is 3.42. The van der Waals surface area contributed by atoms with Gasteiger partial charge in [0.25, 0.3) is 0 Å². The lowest BCUT2D eigenvalue weighted by atomic mass is 9.85. The van der Waals surface area contributed by atoms with Gasteiger partial charge in [-0.2, -0.15) is 10.4 Å². The number of nitriles is 1. The third-order valence-electron chi connectivity index (χ3n) is 4.74. The topological polar surface area (TPSA) is 96.9 Å². The lowest BCUT2D eigenvalue weighted by Crippen LogP contribution is -2.49. The van der Waals surface area contributed by atoms with Crippen molar-refractivity contribution in [2.45, 2.75) is 51.2 Å². The zero-order chi connectivity index (χ0) is 20.4. The van der Waals surface area contributed by atoms with Gasteiger partial charge in [0, 0.05) is 31.0 Å². The number of hydrogen-bond acceptors (Lipinski definition) is 6. The van der Waals surface area contributed by atoms with Crippen LogP contribution in [0.25, 0.3) is 11.3 Å². The van der Waals surface area contributed by atoms with Crippen molar-refractivity contribution in [1.29, 1.82) is 5.26 Å². The molecule has 1 aliphatic rings. The Balaban J connectivity index is 1.78. The molecule has 0 aliphatic carbocycles. The van der Waals surface area contributed by atoms with E-state index in [0.717, 1.165) is 5.56 Å². The number of carbonyl (C=O) groups is 1. The van der Waals surface area contributed by atoms with E-state index in [9.17, 15) is 10.1 Å². The second-order valence-corrected chi connectivity index (χ2v) is 8.25. The van der Waals surface area contributed by atoms with E-state index in [1.807, 2.05) is 31.6 Å². The van der Waals surface area contributed by atoms with Gasteiger partial charge in [0.2, 0.25) is 5.28 Å². The maximum atomic E-state index is 12.3. The molecule has 0 spiro atoms. The Hall–Kier alpha value is -2.66. The minimum atomic E-state index is -0.534. The fraction of sp³-hybridized carbons (Fsp3) is 0.526. The van der Waals surface area contributed by atoms with Gasteiger partial charge in [0.05, 0.1) is 29.9 Å². The van der Waals surface area contributed by atoms with Gasteiger partial charge in [0.1, 0.15) is 5.60 Å². The van der Waals surface area contributed by atoms with E-state index in [2.05, 4.69) is 21.1 Å². The molecule has 1 fully saturated rings. The van der Waals surface area contributed by atoms with Crippen LogP contribution in [0.1, 0.15) is 40.0 Å². The molecule has 9 heteroatoms. The van der Waals surface area contributed by atoms with E-state index in [4.69, 9.17) is 16.3 Å². The number of halogens is 1. The molecule has 2 aromatic heterocycles. The summed E-state index contributed by atoms with van der Waals surface area (Å²) < 4.78 is 7.28. The first-order valence-corrected chi connectivity index (χ1v) is 9.49. The molecule has 0 atom stereocenters. The third kappa shape index (κ3) is 4.42. The molecule has 0 saturated carbocycles. The summed E-state index contributed by atoms with van der Waals surface area (Å²) in [5.74, 6) is 0. The molecule has 0 bridgehead atoms. The second kappa shape index (κ2) is 7.76. The second-order valence-electron chi connectivity index (χ2n) is 7.91. The summed E-state index contributed by atoms with van der Waals surface area (Å²) in [7, 11) is 0. The summed E-state index contributed by atoms with van der Waals surface area (Å²) in [6, 6.07) is 4.03. The summed E-state index contributed by atoms with van der Waals surface area (Å²) in [4.78, 5) is 22.1. The first kappa shape index (κ1) is 20.1. The lowest BCUT2D eigenvalue weighted by Gasteiger charge is -2.40. The van der Waals surface area contributed by atoms with Crippen LogP contribution >= 0.6 is 11.6 Å². The standard InChI is InChI=1S/C19H23ClN6O2/c1-18(2,3)28-17(27)25-10-6-19(5-8-21,7-11-25)26-13-14(12-23-26)15-4-9-22-16(20)24-15/h4,9,12-13H,5-7,10-11H2,1-3H3. The number of nitrogens with zero attached hydrogens (tertiary/aromatic N) is 6. The van der Waals surface area contributed by atoms with E-state index in [0.29, 0.717) is 38.0 Å². The number of carbonyl (C=O) groups excluding carboxylic acids is 1. The minimum absolute atomic E-state index is 0.169. The molecule has 0 unspecified atom stereocenters. The fourth-order valence-electron chi connectivity index (χ4n) is 3.28. The highest BCUT2D eigenvalue weighted by molar-refractivity contribution is 6.28. The number of piperidine rings is 1. The van der Waals surface area contributed by atoms with Gasteiger partial charge >= 0.3 is 6.09 Å². The number of amides is 1. The van der Waals surface area contributed by atoms with Gasteiger partial charge in [-0.15, -0.1) is 0 Å². The Morgan fingerprint density at radius 1 is 1.39 bits per heavy atom. The van der Waals surface area contributed by atoms with Crippen LogP contribution in [0.5, 0.6) is 0 Å². The molecule has 1 saturated heterocycles. The largest absolute Gasteiger partial charge is 0.444 e. The normalized spacial score (nSPS) is 16.5. The first-order chi connectivity index (χ1) is 13.2. The Bertz CT molecular complexity index is 890. The average molecular weight is 403 g/mol. The highest BCUT2D eigenvalue weighted by Crippen LogP contribution is 2.34. The van der Waals surface area contributed by atoms with Crippen LogP contribution in [0.4, 0.5) is 4.79 Å². The molecule has 148 valence electrons. The van der Waals surface area contributed by atoms with Crippen LogP contribution in [0.3, 0.4) is 0 Å². The summed E-state index contributed by atoms with van der Waals surface area (Å²) in [6.07, 6.45) is 6.39. The highest BCUT2D eigenvalue weighted by Gasteiger charge is 2.39. The monoisotopic (exact) mass is 402 g/mol. The van der Waals surface area contributed by atoms with Crippen molar-refractivity contribution < 1.29 is 9.53 Å². The molecule has 28 heavy (non-hydrogen) atoms. The van der Waals surface area contributed by atoms with Crippen molar-refractivity contribution in [3.8, 4) is 17.3 Å². The van der Waals surface area contributed by atoms with E-state index >= 15 is 0 Å². The lowest BCUT2D eigenvalue weighted by molar-refractivity contribution is 0.0105. The smallest absolute Gasteiger partial charge is 0.410 e. The molecule has 1 amide bonds. The molecule has 0 N–H and O–H groups in total. The van der Waals surface area contributed by atoms with Crippen LogP contribution in [0.2, 0.25) is 5.28 Å². The van der Waals surface area contributed by atoms with E-state index in [1.165, 1.54) is 0 Å². The molecular weight excluding hydrogens is 380 g/mol. The van der Waals surface area contributed by atoms with Crippen LogP contribution in [0, 0.1) is 11.3 Å². The summed E-state index contributed by atoms with van der Waals surface area (Å²) in [5, 5.41) is 14.1. The van der Waals surface area contributed by atoms with Crippen LogP contribution in [-0.2, 0) is 10.3 Å². The Labute approximate surface area is 169 Å². The molecule has 3 heterocycles. The van der Waals surface area contributed by atoms with Crippen LogP contribution in [0.15, 0.2) is 24.7 Å². The maximum Gasteiger partial charge on any atom is 0.410 e. The van der Waals surface area contributed by atoms with Crippen molar-refractivity contribution in [2.24, 2.45) is 0 Å². The zero-order valence-electron chi connectivity index (χ0n) is 16.2. The van der Waals surface area contributed by atoms with Gasteiger partial charge in [-0.1, -0.05) is 0 Å². The number of hydrogen-bond donors (Lipinski definition) is 0. The van der Waals surface area contributed by atoms with E-state index in [-0.39, 0.29) is 11.4 Å². The Morgan fingerprint density at radius 3 is 2.71 bits per heavy atom. The van der Waals surface area contributed by atoms with Crippen LogP contribution in [-0.4, -0.2) is 49.4 Å². The summed E-state index contributed by atoms with van der Waals surface area (Å²) in [5.41, 5.74) is 0.469. The predicted octanol–water partition coefficient (Wildman–Crippen LogP) is 3.63. The first-order valence-electron chi connectivity index (χ1n) is 9.11. The van der Waals surface area contributed by atoms with Crippen molar-refractivity contribution >= 4 is 17.7 Å². The molecular formula is C19H23ClN6O2. The minimum Gasteiger partial charge on any atom is -0.444 e. The molecule has 1 aliphatic heterocycles. The van der Waals surface area contributed by atoms with Gasteiger partial charge in [-0.05, 0) is 51.3 Å². The van der Waals surface area contributed by atoms with Crippen molar-refractivity contribution in [1.82, 2.24) is 24.6 Å². The van der Waals surface area contributed by atoms with E-state index in [1.54, 1.807) is 23.4 Å². The zero-order valence-corrected chi connectivity index (χ0v) is 17.0. The summed E-state index contributed by atoms with van der Waals surface area (Å²) in [6.45, 7) is 6.55. The molecule has 2 aromatic rings. The van der Waals surface area contributed by atoms with Crippen molar-refractivity contribution in [3.63, 3.8) is 0 Å². The highest BCUT2D eigenvalue weighted by atomic mass is 35.5. The van der Waals surface area contributed by atoms with Gasteiger partial charge in [0.15, 0.2) is 0 Å². The molecule has 0 aromatic carbocycles. The van der Waals surface area contributed by atoms with Gasteiger partial charge in [-0.3, -0.25) is 4.68 Å². The number of rotatable bonds is 3.